The summed E-state index contributed by atoms with van der Waals surface area (Å²) in [4.78, 5) is 19.8. The van der Waals surface area contributed by atoms with E-state index in [-0.39, 0.29) is 17.5 Å². The minimum atomic E-state index is -3.15. The lowest BCUT2D eigenvalue weighted by Gasteiger charge is -2.42. The van der Waals surface area contributed by atoms with Gasteiger partial charge in [0.1, 0.15) is 5.65 Å². The normalized spacial score (nSPS) is 26.8. The Bertz CT molecular complexity index is 1320. The molecule has 2 atom stereocenters. The molecule has 174 valence electrons. The van der Waals surface area contributed by atoms with Crippen molar-refractivity contribution in [3.8, 4) is 17.1 Å². The second-order valence-corrected chi connectivity index (χ2v) is 11.5. The fraction of sp³-hybridized carbons (Fsp3) is 0.522. The Kier molecular flexibility index (Phi) is 4.84. The van der Waals surface area contributed by atoms with Crippen LogP contribution in [-0.4, -0.2) is 72.3 Å². The number of rotatable bonds is 2. The van der Waals surface area contributed by atoms with Gasteiger partial charge in [-0.25, -0.2) is 23.4 Å². The fourth-order valence-corrected chi connectivity index (χ4v) is 7.49. The largest absolute Gasteiger partial charge is 0.488 e. The van der Waals surface area contributed by atoms with Gasteiger partial charge in [0.05, 0.1) is 43.1 Å². The Morgan fingerprint density at radius 2 is 2.12 bits per heavy atom. The third kappa shape index (κ3) is 3.47. The first-order chi connectivity index (χ1) is 16.0. The highest BCUT2D eigenvalue weighted by Gasteiger charge is 2.47. The fourth-order valence-electron chi connectivity index (χ4n) is 5.49. The number of H-pyrrole nitrogens is 1. The van der Waals surface area contributed by atoms with Crippen molar-refractivity contribution in [2.45, 2.75) is 37.6 Å². The molecule has 3 aliphatic heterocycles. The molecule has 3 aliphatic rings. The van der Waals surface area contributed by atoms with E-state index in [0.717, 1.165) is 34.5 Å². The highest BCUT2D eigenvalue weighted by atomic mass is 32.2. The summed E-state index contributed by atoms with van der Waals surface area (Å²) >= 11 is 0. The average Bonchev–Trinajstić information content (AvgIpc) is 3.28. The molecule has 0 aliphatic carbocycles. The quantitative estimate of drug-likeness (QED) is 0.610. The van der Waals surface area contributed by atoms with E-state index in [1.165, 1.54) is 0 Å². The number of sulfone groups is 1. The standard InChI is InChI=1S/C23H27N5O4S/c1-15-13-31-11-9-28(15)22-18-19(23(6-10-32-18)5-2-12-33(29,30)14-23)26-21(27-22)17-4-8-25-20-16(17)3-7-24-20/h3-4,7-8,15H,2,5-6,9-14H2,1H3,(H,24,25). The molecule has 2 fully saturated rings. The molecule has 0 bridgehead atoms. The van der Waals surface area contributed by atoms with Crippen molar-refractivity contribution in [3.05, 3.63) is 30.2 Å². The molecule has 2 saturated heterocycles. The Hall–Kier alpha value is -2.72. The van der Waals surface area contributed by atoms with Crippen LogP contribution in [0.3, 0.4) is 0 Å². The summed E-state index contributed by atoms with van der Waals surface area (Å²) in [6.45, 7) is 4.47. The van der Waals surface area contributed by atoms with Crippen LogP contribution in [0.5, 0.6) is 5.75 Å². The molecular weight excluding hydrogens is 442 g/mol. The zero-order chi connectivity index (χ0) is 22.6. The summed E-state index contributed by atoms with van der Waals surface area (Å²) in [6.07, 6.45) is 5.66. The molecule has 0 amide bonds. The van der Waals surface area contributed by atoms with E-state index in [2.05, 4.69) is 21.8 Å². The average molecular weight is 470 g/mol. The van der Waals surface area contributed by atoms with E-state index >= 15 is 0 Å². The molecule has 3 aromatic heterocycles. The van der Waals surface area contributed by atoms with Gasteiger partial charge in [-0.2, -0.15) is 0 Å². The molecular formula is C23H27N5O4S. The van der Waals surface area contributed by atoms with Crippen LogP contribution in [-0.2, 0) is 20.0 Å². The maximum atomic E-state index is 12.7. The second kappa shape index (κ2) is 7.66. The molecule has 33 heavy (non-hydrogen) atoms. The van der Waals surface area contributed by atoms with Crippen molar-refractivity contribution >= 4 is 26.7 Å². The van der Waals surface area contributed by atoms with Crippen molar-refractivity contribution in [1.82, 2.24) is 19.9 Å². The number of hydrogen-bond donors (Lipinski definition) is 1. The number of hydrogen-bond acceptors (Lipinski definition) is 8. The maximum Gasteiger partial charge on any atom is 0.184 e. The van der Waals surface area contributed by atoms with Gasteiger partial charge in [0.2, 0.25) is 0 Å². The van der Waals surface area contributed by atoms with Crippen molar-refractivity contribution in [2.24, 2.45) is 0 Å². The summed E-state index contributed by atoms with van der Waals surface area (Å²) in [5, 5.41) is 0.931. The number of nitrogens with one attached hydrogen (secondary N) is 1. The van der Waals surface area contributed by atoms with E-state index in [4.69, 9.17) is 19.4 Å². The van der Waals surface area contributed by atoms with Crippen LogP contribution in [0.1, 0.15) is 31.9 Å². The smallest absolute Gasteiger partial charge is 0.184 e. The van der Waals surface area contributed by atoms with Crippen molar-refractivity contribution in [3.63, 3.8) is 0 Å². The van der Waals surface area contributed by atoms with Crippen molar-refractivity contribution in [1.29, 1.82) is 0 Å². The molecule has 10 heteroatoms. The lowest BCUT2D eigenvalue weighted by atomic mass is 9.77. The maximum absolute atomic E-state index is 12.7. The van der Waals surface area contributed by atoms with E-state index in [1.54, 1.807) is 6.20 Å². The number of aromatic amines is 1. The molecule has 1 spiro atoms. The van der Waals surface area contributed by atoms with Gasteiger partial charge in [-0.1, -0.05) is 0 Å². The van der Waals surface area contributed by atoms with Crippen molar-refractivity contribution < 1.29 is 17.9 Å². The van der Waals surface area contributed by atoms with Crippen molar-refractivity contribution in [2.75, 3.05) is 42.8 Å². The third-order valence-corrected chi connectivity index (χ3v) is 9.03. The molecule has 6 rings (SSSR count). The summed E-state index contributed by atoms with van der Waals surface area (Å²) < 4.78 is 37.3. The minimum Gasteiger partial charge on any atom is -0.488 e. The van der Waals surface area contributed by atoms with Crippen LogP contribution >= 0.6 is 0 Å². The zero-order valence-electron chi connectivity index (χ0n) is 18.6. The number of nitrogens with zero attached hydrogens (tertiary/aromatic N) is 4. The van der Waals surface area contributed by atoms with Gasteiger partial charge in [0, 0.05) is 35.3 Å². The van der Waals surface area contributed by atoms with E-state index in [1.807, 2.05) is 18.3 Å². The molecule has 9 nitrogen and oxygen atoms in total. The number of aromatic nitrogens is 4. The van der Waals surface area contributed by atoms with Crippen LogP contribution in [0.2, 0.25) is 0 Å². The predicted molar refractivity (Wildman–Crippen MR) is 124 cm³/mol. The number of fused-ring (bicyclic) bond motifs is 3. The zero-order valence-corrected chi connectivity index (χ0v) is 19.4. The molecule has 0 aromatic carbocycles. The molecule has 0 saturated carbocycles. The van der Waals surface area contributed by atoms with Gasteiger partial charge < -0.3 is 19.4 Å². The van der Waals surface area contributed by atoms with Gasteiger partial charge in [-0.15, -0.1) is 0 Å². The van der Waals surface area contributed by atoms with Crippen LogP contribution in [0.4, 0.5) is 5.82 Å². The summed E-state index contributed by atoms with van der Waals surface area (Å²) in [5.74, 6) is 2.29. The number of ether oxygens (including phenoxy) is 2. The third-order valence-electron chi connectivity index (χ3n) is 7.12. The molecule has 0 radical (unpaired) electrons. The second-order valence-electron chi connectivity index (χ2n) is 9.34. The van der Waals surface area contributed by atoms with Gasteiger partial charge >= 0.3 is 0 Å². The lowest BCUT2D eigenvalue weighted by molar-refractivity contribution is 0.0977. The SMILES string of the molecule is CC1COCCN1c1nc(-c2ccnc3[nH]ccc23)nc2c1OCCC21CCCS(=O)(=O)C1. The first kappa shape index (κ1) is 20.9. The molecule has 1 N–H and O–H groups in total. The van der Waals surface area contributed by atoms with Crippen LogP contribution in [0.15, 0.2) is 24.5 Å². The molecule has 6 heterocycles. The molecule has 3 aromatic rings. The van der Waals surface area contributed by atoms with E-state index < -0.39 is 15.3 Å². The molecule has 2 unspecified atom stereocenters. The van der Waals surface area contributed by atoms with Crippen LogP contribution in [0.25, 0.3) is 22.4 Å². The first-order valence-corrected chi connectivity index (χ1v) is 13.3. The highest BCUT2D eigenvalue weighted by molar-refractivity contribution is 7.91. The Morgan fingerprint density at radius 3 is 2.97 bits per heavy atom. The van der Waals surface area contributed by atoms with E-state index in [0.29, 0.717) is 50.8 Å². The summed E-state index contributed by atoms with van der Waals surface area (Å²) in [7, 11) is -3.15. The predicted octanol–water partition coefficient (Wildman–Crippen LogP) is 2.47. The summed E-state index contributed by atoms with van der Waals surface area (Å²) in [5.41, 5.74) is 1.82. The Morgan fingerprint density at radius 1 is 1.21 bits per heavy atom. The number of anilines is 1. The Balaban J connectivity index is 1.60. The topological polar surface area (TPSA) is 110 Å². The van der Waals surface area contributed by atoms with Crippen LogP contribution < -0.4 is 9.64 Å². The monoisotopic (exact) mass is 469 g/mol. The van der Waals surface area contributed by atoms with Gasteiger partial charge in [0.25, 0.3) is 0 Å². The Labute approximate surface area is 192 Å². The van der Waals surface area contributed by atoms with E-state index in [9.17, 15) is 8.42 Å². The first-order valence-electron chi connectivity index (χ1n) is 11.5. The number of pyridine rings is 1. The lowest BCUT2D eigenvalue weighted by Crippen LogP contribution is -2.47. The van der Waals surface area contributed by atoms with Gasteiger partial charge in [0.15, 0.2) is 27.2 Å². The number of morpholine rings is 1. The summed E-state index contributed by atoms with van der Waals surface area (Å²) in [6, 6.07) is 4.00. The van der Waals surface area contributed by atoms with Gasteiger partial charge in [-0.3, -0.25) is 0 Å². The highest BCUT2D eigenvalue weighted by Crippen LogP contribution is 2.48. The van der Waals surface area contributed by atoms with Gasteiger partial charge in [-0.05, 0) is 38.3 Å². The minimum absolute atomic E-state index is 0.112. The van der Waals surface area contributed by atoms with Crippen LogP contribution in [0, 0.1) is 0 Å².